The van der Waals surface area contributed by atoms with Gasteiger partial charge in [0.1, 0.15) is 0 Å². The summed E-state index contributed by atoms with van der Waals surface area (Å²) < 4.78 is 6.01. The van der Waals surface area contributed by atoms with Gasteiger partial charge in [0.05, 0.1) is 6.10 Å². The Morgan fingerprint density at radius 3 is 2.62 bits per heavy atom. The third-order valence-corrected chi connectivity index (χ3v) is 5.52. The highest BCUT2D eigenvalue weighted by molar-refractivity contribution is 5.77. The predicted octanol–water partition coefficient (Wildman–Crippen LogP) is 3.53. The first kappa shape index (κ1) is 20.9. The molecule has 0 aliphatic carbocycles. The molecule has 1 amide bonds. The van der Waals surface area contributed by atoms with Gasteiger partial charge >= 0.3 is 0 Å². The summed E-state index contributed by atoms with van der Waals surface area (Å²) in [4.78, 5) is 14.9. The van der Waals surface area contributed by atoms with Crippen molar-refractivity contribution in [3.8, 4) is 0 Å². The summed E-state index contributed by atoms with van der Waals surface area (Å²) in [6.07, 6.45) is 3.56. The zero-order valence-corrected chi connectivity index (χ0v) is 17.2. The standard InChI is InChI=1S/C22H36N2O2/c1-17(2)20-15-22(11-14-26-20,19-9-7-18(3)8-10-19)16-21(25)23-12-6-13-24(4)5/h7-10,17,20H,6,11-16H2,1-5H3,(H,23,25)/t20-,22-/m0/s1. The first-order valence-electron chi connectivity index (χ1n) is 9.92. The third-order valence-electron chi connectivity index (χ3n) is 5.52. The molecule has 0 aromatic heterocycles. The molecule has 0 unspecified atom stereocenters. The van der Waals surface area contributed by atoms with E-state index >= 15 is 0 Å². The van der Waals surface area contributed by atoms with Gasteiger partial charge in [-0.05, 0) is 58.3 Å². The molecule has 1 heterocycles. The topological polar surface area (TPSA) is 41.6 Å². The van der Waals surface area contributed by atoms with Crippen LogP contribution < -0.4 is 5.32 Å². The Bertz CT molecular complexity index is 568. The maximum atomic E-state index is 12.7. The Morgan fingerprint density at radius 1 is 1.31 bits per heavy atom. The van der Waals surface area contributed by atoms with Gasteiger partial charge < -0.3 is 15.0 Å². The summed E-state index contributed by atoms with van der Waals surface area (Å²) in [6.45, 7) is 8.98. The number of carbonyl (C=O) groups is 1. The molecule has 0 radical (unpaired) electrons. The zero-order chi connectivity index (χ0) is 19.2. The number of nitrogens with zero attached hydrogens (tertiary/aromatic N) is 1. The molecule has 0 saturated carbocycles. The van der Waals surface area contributed by atoms with Crippen molar-refractivity contribution in [1.29, 1.82) is 0 Å². The van der Waals surface area contributed by atoms with Gasteiger partial charge in [-0.15, -0.1) is 0 Å². The molecule has 26 heavy (non-hydrogen) atoms. The minimum Gasteiger partial charge on any atom is -0.378 e. The molecule has 4 nitrogen and oxygen atoms in total. The highest BCUT2D eigenvalue weighted by atomic mass is 16.5. The highest BCUT2D eigenvalue weighted by Crippen LogP contribution is 2.42. The lowest BCUT2D eigenvalue weighted by atomic mass is 9.68. The number of nitrogens with one attached hydrogen (secondary N) is 1. The lowest BCUT2D eigenvalue weighted by Crippen LogP contribution is -2.44. The maximum absolute atomic E-state index is 12.7. The summed E-state index contributed by atoms with van der Waals surface area (Å²) in [7, 11) is 4.12. The van der Waals surface area contributed by atoms with Crippen molar-refractivity contribution in [2.75, 3.05) is 33.8 Å². The fourth-order valence-corrected chi connectivity index (χ4v) is 3.80. The van der Waals surface area contributed by atoms with Crippen LogP contribution in [-0.2, 0) is 14.9 Å². The second-order valence-electron chi connectivity index (χ2n) is 8.44. The van der Waals surface area contributed by atoms with Gasteiger partial charge in [-0.1, -0.05) is 43.7 Å². The van der Waals surface area contributed by atoms with Gasteiger partial charge in [0, 0.05) is 25.0 Å². The van der Waals surface area contributed by atoms with Crippen LogP contribution in [0.5, 0.6) is 0 Å². The van der Waals surface area contributed by atoms with Crippen molar-refractivity contribution in [3.05, 3.63) is 35.4 Å². The van der Waals surface area contributed by atoms with Gasteiger partial charge in [-0.2, -0.15) is 0 Å². The molecule has 1 N–H and O–H groups in total. The van der Waals surface area contributed by atoms with E-state index in [0.717, 1.165) is 39.0 Å². The number of ether oxygens (including phenoxy) is 1. The van der Waals surface area contributed by atoms with Crippen LogP contribution in [0.1, 0.15) is 50.7 Å². The van der Waals surface area contributed by atoms with E-state index in [9.17, 15) is 4.79 Å². The van der Waals surface area contributed by atoms with Crippen molar-refractivity contribution in [2.24, 2.45) is 5.92 Å². The van der Waals surface area contributed by atoms with Crippen LogP contribution in [0.2, 0.25) is 0 Å². The van der Waals surface area contributed by atoms with E-state index in [0.29, 0.717) is 12.3 Å². The van der Waals surface area contributed by atoms with E-state index in [1.54, 1.807) is 0 Å². The first-order valence-corrected chi connectivity index (χ1v) is 9.92. The van der Waals surface area contributed by atoms with Crippen LogP contribution >= 0.6 is 0 Å². The van der Waals surface area contributed by atoms with Crippen LogP contribution in [0.25, 0.3) is 0 Å². The number of amides is 1. The van der Waals surface area contributed by atoms with E-state index < -0.39 is 0 Å². The average molecular weight is 361 g/mol. The van der Waals surface area contributed by atoms with Crippen LogP contribution in [0.15, 0.2) is 24.3 Å². The minimum atomic E-state index is -0.119. The fraction of sp³-hybridized carbons (Fsp3) is 0.682. The Morgan fingerprint density at radius 2 is 2.00 bits per heavy atom. The van der Waals surface area contributed by atoms with Crippen LogP contribution in [-0.4, -0.2) is 50.7 Å². The molecule has 1 fully saturated rings. The number of rotatable bonds is 8. The lowest BCUT2D eigenvalue weighted by molar-refractivity contribution is -0.124. The van der Waals surface area contributed by atoms with Crippen molar-refractivity contribution in [1.82, 2.24) is 10.2 Å². The fourth-order valence-electron chi connectivity index (χ4n) is 3.80. The molecule has 1 aliphatic heterocycles. The largest absolute Gasteiger partial charge is 0.378 e. The monoisotopic (exact) mass is 360 g/mol. The molecule has 4 heteroatoms. The SMILES string of the molecule is Cc1ccc([C@@]2(CC(=O)NCCCN(C)C)CCO[C@H](C(C)C)C2)cc1. The van der Waals surface area contributed by atoms with Crippen LogP contribution in [0.3, 0.4) is 0 Å². The number of benzene rings is 1. The van der Waals surface area contributed by atoms with Crippen LogP contribution in [0.4, 0.5) is 0 Å². The summed E-state index contributed by atoms with van der Waals surface area (Å²) in [6, 6.07) is 8.73. The number of hydrogen-bond donors (Lipinski definition) is 1. The van der Waals surface area contributed by atoms with Gasteiger partial charge in [0.2, 0.25) is 5.91 Å². The third kappa shape index (κ3) is 5.82. The second-order valence-corrected chi connectivity index (χ2v) is 8.44. The van der Waals surface area contributed by atoms with Gasteiger partial charge in [0.15, 0.2) is 0 Å². The highest BCUT2D eigenvalue weighted by Gasteiger charge is 2.41. The zero-order valence-electron chi connectivity index (χ0n) is 17.2. The Balaban J connectivity index is 2.10. The maximum Gasteiger partial charge on any atom is 0.220 e. The molecule has 0 spiro atoms. The normalized spacial score (nSPS) is 23.4. The molecule has 1 aliphatic rings. The van der Waals surface area contributed by atoms with Crippen LogP contribution in [0, 0.1) is 12.8 Å². The molecule has 1 saturated heterocycles. The van der Waals surface area contributed by atoms with Crippen molar-refractivity contribution in [3.63, 3.8) is 0 Å². The Hall–Kier alpha value is -1.39. The molecular formula is C22H36N2O2. The summed E-state index contributed by atoms with van der Waals surface area (Å²) in [5, 5.41) is 3.13. The molecule has 2 rings (SSSR count). The number of carbonyl (C=O) groups excluding carboxylic acids is 1. The molecule has 1 aromatic carbocycles. The lowest BCUT2D eigenvalue weighted by Gasteiger charge is -2.42. The van der Waals surface area contributed by atoms with E-state index in [1.165, 1.54) is 11.1 Å². The van der Waals surface area contributed by atoms with Gasteiger partial charge in [-0.25, -0.2) is 0 Å². The summed E-state index contributed by atoms with van der Waals surface area (Å²) in [5.41, 5.74) is 2.41. The van der Waals surface area contributed by atoms with E-state index in [4.69, 9.17) is 4.74 Å². The predicted molar refractivity (Wildman–Crippen MR) is 107 cm³/mol. The smallest absolute Gasteiger partial charge is 0.220 e. The van der Waals surface area contributed by atoms with E-state index in [2.05, 4.69) is 69.3 Å². The molecule has 1 aromatic rings. The molecule has 146 valence electrons. The van der Waals surface area contributed by atoms with E-state index in [1.807, 2.05) is 0 Å². The Kier molecular flexibility index (Phi) is 7.66. The quantitative estimate of drug-likeness (QED) is 0.721. The second kappa shape index (κ2) is 9.52. The molecular weight excluding hydrogens is 324 g/mol. The first-order chi connectivity index (χ1) is 12.3. The number of aryl methyl sites for hydroxylation is 1. The molecule has 0 bridgehead atoms. The van der Waals surface area contributed by atoms with Crippen molar-refractivity contribution in [2.45, 2.75) is 58.0 Å². The summed E-state index contributed by atoms with van der Waals surface area (Å²) in [5.74, 6) is 0.622. The van der Waals surface area contributed by atoms with E-state index in [-0.39, 0.29) is 17.4 Å². The Labute approximate surface area is 159 Å². The van der Waals surface area contributed by atoms with Gasteiger partial charge in [0.25, 0.3) is 0 Å². The van der Waals surface area contributed by atoms with Gasteiger partial charge in [-0.3, -0.25) is 4.79 Å². The number of hydrogen-bond acceptors (Lipinski definition) is 3. The van der Waals surface area contributed by atoms with Crippen molar-refractivity contribution >= 4 is 5.91 Å². The van der Waals surface area contributed by atoms with Crippen molar-refractivity contribution < 1.29 is 9.53 Å². The summed E-state index contributed by atoms with van der Waals surface area (Å²) >= 11 is 0. The molecule has 2 atom stereocenters. The average Bonchev–Trinajstić information content (AvgIpc) is 2.59. The minimum absolute atomic E-state index is 0.119.